The second-order valence-corrected chi connectivity index (χ2v) is 1.91. The van der Waals surface area contributed by atoms with Crippen molar-refractivity contribution in [3.63, 3.8) is 0 Å². The van der Waals surface area contributed by atoms with Crippen molar-refractivity contribution >= 4 is 11.6 Å². The molecular weight excluding hydrogens is 197 g/mol. The van der Waals surface area contributed by atoms with Crippen molar-refractivity contribution in [1.82, 2.24) is 0 Å². The van der Waals surface area contributed by atoms with Crippen LogP contribution in [0.3, 0.4) is 0 Å². The van der Waals surface area contributed by atoms with Gasteiger partial charge in [-0.15, -0.1) is 0 Å². The van der Waals surface area contributed by atoms with Crippen molar-refractivity contribution in [3.8, 4) is 0 Å². The Morgan fingerprint density at radius 2 is 1.55 bits per heavy atom. The molecule has 6 heteroatoms. The quantitative estimate of drug-likeness (QED) is 0.362. The summed E-state index contributed by atoms with van der Waals surface area (Å²) in [6.07, 6.45) is 0. The summed E-state index contributed by atoms with van der Waals surface area (Å²) in [5, 5.41) is 9.95. The minimum atomic E-state index is -1.67. The molecule has 5 nitrogen and oxygen atoms in total. The average molecular weight is 204 g/mol. The molecule has 0 saturated heterocycles. The van der Waals surface area contributed by atoms with E-state index in [1.165, 1.54) is 0 Å². The Bertz CT molecular complexity index is 158. The summed E-state index contributed by atoms with van der Waals surface area (Å²) < 4.78 is 0. The number of hydrogen-bond acceptors (Lipinski definition) is 4. The maximum absolute atomic E-state index is 10.4. The van der Waals surface area contributed by atoms with Crippen molar-refractivity contribution < 1.29 is 31.3 Å². The fourth-order valence-electron chi connectivity index (χ4n) is 0.583. The Hall–Kier alpha value is -0.754. The van der Waals surface area contributed by atoms with Crippen LogP contribution < -0.4 is 0 Å². The second kappa shape index (κ2) is 4.97. The Balaban J connectivity index is 0. The molecule has 0 aliphatic heterocycles. The van der Waals surface area contributed by atoms with E-state index in [0.717, 1.165) is 13.8 Å². The molecule has 1 radical (unpaired) electrons. The van der Waals surface area contributed by atoms with Crippen LogP contribution in [-0.4, -0.2) is 22.5 Å². The van der Waals surface area contributed by atoms with Gasteiger partial charge in [0.15, 0.2) is 0 Å². The number of carbonyl (C=O) groups excluding carboxylic acids is 2. The van der Waals surface area contributed by atoms with Crippen molar-refractivity contribution in [2.45, 2.75) is 19.9 Å². The molecule has 0 amide bonds. The van der Waals surface area contributed by atoms with Crippen molar-refractivity contribution in [1.29, 1.82) is 0 Å². The van der Waals surface area contributed by atoms with Crippen LogP contribution in [0, 0.1) is 10.1 Å². The van der Waals surface area contributed by atoms with Crippen molar-refractivity contribution in [2.24, 2.45) is 0 Å². The number of nitro groups is 1. The van der Waals surface area contributed by atoms with E-state index >= 15 is 0 Å². The summed E-state index contributed by atoms with van der Waals surface area (Å²) >= 11 is 0. The van der Waals surface area contributed by atoms with Crippen LogP contribution in [0.5, 0.6) is 0 Å². The zero-order valence-corrected chi connectivity index (χ0v) is 7.03. The van der Waals surface area contributed by atoms with Gasteiger partial charge in [-0.25, -0.2) is 0 Å². The maximum atomic E-state index is 10.4. The maximum Gasteiger partial charge on any atom is 0.326 e. The number of hydrogen-bond donors (Lipinski definition) is 0. The topological polar surface area (TPSA) is 77.3 Å². The number of ketones is 2. The number of rotatable bonds is 3. The standard InChI is InChI=1S/C5H7NO4.Co/c1-3(7)5(4(2)8)6(9)10;/h5H,1-2H3;. The summed E-state index contributed by atoms with van der Waals surface area (Å²) in [5.74, 6) is -1.45. The van der Waals surface area contributed by atoms with E-state index in [1.807, 2.05) is 0 Å². The van der Waals surface area contributed by atoms with Crippen LogP contribution in [0.25, 0.3) is 0 Å². The van der Waals surface area contributed by atoms with Gasteiger partial charge < -0.3 is 0 Å². The van der Waals surface area contributed by atoms with E-state index in [-0.39, 0.29) is 16.8 Å². The summed E-state index contributed by atoms with van der Waals surface area (Å²) in [4.78, 5) is 29.8. The first-order valence-electron chi connectivity index (χ1n) is 2.61. The molecule has 0 aliphatic rings. The summed E-state index contributed by atoms with van der Waals surface area (Å²) in [6.45, 7) is 2.05. The molecule has 0 saturated carbocycles. The summed E-state index contributed by atoms with van der Waals surface area (Å²) in [5.41, 5.74) is 0. The van der Waals surface area contributed by atoms with Gasteiger partial charge in [0.1, 0.15) is 0 Å². The molecule has 0 rings (SSSR count). The van der Waals surface area contributed by atoms with Gasteiger partial charge >= 0.3 is 6.04 Å². The van der Waals surface area contributed by atoms with Gasteiger partial charge in [-0.3, -0.25) is 19.7 Å². The molecule has 0 aliphatic carbocycles. The van der Waals surface area contributed by atoms with Crippen LogP contribution in [0.2, 0.25) is 0 Å². The van der Waals surface area contributed by atoms with E-state index in [9.17, 15) is 19.7 Å². The molecule has 65 valence electrons. The molecule has 0 heterocycles. The molecule has 0 aromatic heterocycles. The third kappa shape index (κ3) is 3.84. The second-order valence-electron chi connectivity index (χ2n) is 1.91. The Morgan fingerprint density at radius 1 is 1.27 bits per heavy atom. The predicted octanol–water partition coefficient (Wildman–Crippen LogP) is -0.193. The first kappa shape index (κ1) is 12.9. The van der Waals surface area contributed by atoms with Crippen LogP contribution in [0.15, 0.2) is 0 Å². The smallest absolute Gasteiger partial charge is 0.292 e. The Labute approximate surface area is 73.5 Å². The van der Waals surface area contributed by atoms with Crippen LogP contribution in [0.4, 0.5) is 0 Å². The zero-order valence-electron chi connectivity index (χ0n) is 5.99. The molecule has 0 aromatic rings. The summed E-state index contributed by atoms with van der Waals surface area (Å²) in [6, 6.07) is -1.67. The first-order chi connectivity index (χ1) is 4.46. The average Bonchev–Trinajstić information content (AvgIpc) is 1.59. The number of nitrogens with zero attached hydrogens (tertiary/aromatic N) is 1. The normalized spacial score (nSPS) is 8.64. The fraction of sp³-hybridized carbons (Fsp3) is 0.600. The van der Waals surface area contributed by atoms with Crippen molar-refractivity contribution in [3.05, 3.63) is 10.1 Å². The van der Waals surface area contributed by atoms with Gasteiger partial charge in [0.25, 0.3) is 0 Å². The molecule has 0 N–H and O–H groups in total. The van der Waals surface area contributed by atoms with Crippen LogP contribution >= 0.6 is 0 Å². The van der Waals surface area contributed by atoms with Gasteiger partial charge in [-0.1, -0.05) is 0 Å². The molecule has 0 aromatic carbocycles. The first-order valence-corrected chi connectivity index (χ1v) is 2.61. The molecule has 0 atom stereocenters. The molecule has 0 bridgehead atoms. The Morgan fingerprint density at radius 3 is 1.55 bits per heavy atom. The largest absolute Gasteiger partial charge is 0.326 e. The SMILES string of the molecule is CC(=O)C(C(C)=O)[N+](=O)[O-].[Co]. The van der Waals surface area contributed by atoms with E-state index < -0.39 is 22.5 Å². The molecular formula is C5H7CoNO4. The van der Waals surface area contributed by atoms with Gasteiger partial charge in [-0.2, -0.15) is 0 Å². The Kier molecular flexibility index (Phi) is 5.82. The molecule has 11 heavy (non-hydrogen) atoms. The third-order valence-corrected chi connectivity index (χ3v) is 0.981. The minimum absolute atomic E-state index is 0. The van der Waals surface area contributed by atoms with Gasteiger partial charge in [0, 0.05) is 35.5 Å². The zero-order chi connectivity index (χ0) is 8.31. The predicted molar refractivity (Wildman–Crippen MR) is 32.1 cm³/mol. The number of carbonyl (C=O) groups is 2. The minimum Gasteiger partial charge on any atom is -0.292 e. The number of Topliss-reactive ketones (excluding diaryl/α,β-unsaturated/α-hetero) is 2. The van der Waals surface area contributed by atoms with Crippen molar-refractivity contribution in [2.75, 3.05) is 0 Å². The van der Waals surface area contributed by atoms with E-state index in [4.69, 9.17) is 0 Å². The van der Waals surface area contributed by atoms with Crippen LogP contribution in [-0.2, 0) is 26.4 Å². The van der Waals surface area contributed by atoms with Gasteiger partial charge in [-0.05, 0) is 0 Å². The van der Waals surface area contributed by atoms with Gasteiger partial charge in [0.2, 0.25) is 11.6 Å². The monoisotopic (exact) mass is 204 g/mol. The fourth-order valence-corrected chi connectivity index (χ4v) is 0.583. The summed E-state index contributed by atoms with van der Waals surface area (Å²) in [7, 11) is 0. The van der Waals surface area contributed by atoms with Crippen LogP contribution in [0.1, 0.15) is 13.8 Å². The van der Waals surface area contributed by atoms with Gasteiger partial charge in [0.05, 0.1) is 0 Å². The van der Waals surface area contributed by atoms with E-state index in [0.29, 0.717) is 0 Å². The third-order valence-electron chi connectivity index (χ3n) is 0.981. The molecule has 0 spiro atoms. The molecule has 0 fully saturated rings. The van der Waals surface area contributed by atoms with E-state index in [2.05, 4.69) is 0 Å². The van der Waals surface area contributed by atoms with E-state index in [1.54, 1.807) is 0 Å². The molecule has 0 unspecified atom stereocenters.